The molecule has 0 aliphatic heterocycles. The average molecular weight is 841 g/mol. The average Bonchev–Trinajstić information content (AvgIpc) is 3.19. The van der Waals surface area contributed by atoms with Gasteiger partial charge in [0, 0.05) is 39.1 Å². The van der Waals surface area contributed by atoms with Crippen molar-refractivity contribution in [1.82, 2.24) is 20.9 Å². The minimum atomic E-state index is -2.26. The molecule has 0 unspecified atom stereocenters. The van der Waals surface area contributed by atoms with E-state index in [4.69, 9.17) is 18.6 Å². The molecule has 2 atom stereocenters. The van der Waals surface area contributed by atoms with Crippen molar-refractivity contribution in [2.24, 2.45) is 0 Å². The Bertz CT molecular complexity index is 1950. The van der Waals surface area contributed by atoms with Crippen LogP contribution in [0, 0.1) is 0 Å². The lowest BCUT2D eigenvalue weighted by Gasteiger charge is -2.37. The zero-order valence-electron chi connectivity index (χ0n) is 37.4. The second-order valence-corrected chi connectivity index (χ2v) is 22.5. The maximum atomic E-state index is 15.0. The highest BCUT2D eigenvalue weighted by molar-refractivity contribution is 6.74. The quantitative estimate of drug-likeness (QED) is 0.0566. The molecule has 0 heterocycles. The summed E-state index contributed by atoms with van der Waals surface area (Å²) in [5, 5.41) is 11.0. The number of urea groups is 1. The molecule has 0 saturated heterocycles. The van der Waals surface area contributed by atoms with Gasteiger partial charge in [0.15, 0.2) is 14.6 Å². The van der Waals surface area contributed by atoms with Crippen LogP contribution in [-0.4, -0.2) is 81.4 Å². The van der Waals surface area contributed by atoms with Gasteiger partial charge in [0.1, 0.15) is 17.4 Å². The van der Waals surface area contributed by atoms with Gasteiger partial charge in [-0.3, -0.25) is 9.59 Å². The van der Waals surface area contributed by atoms with Crippen LogP contribution in [0.15, 0.2) is 97.1 Å². The van der Waals surface area contributed by atoms with Gasteiger partial charge in [0.05, 0.1) is 19.2 Å². The highest BCUT2D eigenvalue weighted by Gasteiger charge is 2.38. The van der Waals surface area contributed by atoms with Crippen molar-refractivity contribution in [2.45, 2.75) is 123 Å². The largest absolute Gasteiger partial charge is 0.488 e. The molecule has 0 aliphatic carbocycles. The molecule has 0 spiro atoms. The van der Waals surface area contributed by atoms with E-state index in [1.807, 2.05) is 132 Å². The molecule has 11 nitrogen and oxygen atoms in total. The fraction of sp³-hybridized carbons (Fsp3) is 0.479. The number of nitrogens with one attached hydrogen (secondary N) is 3. The zero-order valence-corrected chi connectivity index (χ0v) is 38.4. The zero-order chi connectivity index (χ0) is 43.9. The third-order valence-electron chi connectivity index (χ3n) is 10.6. The molecule has 0 aromatic heterocycles. The van der Waals surface area contributed by atoms with Crippen molar-refractivity contribution in [3.8, 4) is 5.75 Å². The lowest BCUT2D eigenvalue weighted by atomic mass is 10.0. The van der Waals surface area contributed by atoms with Gasteiger partial charge in [0.2, 0.25) is 11.8 Å². The first-order chi connectivity index (χ1) is 28.4. The molecule has 0 aliphatic rings. The Morgan fingerprint density at radius 2 is 1.38 bits per heavy atom. The SMILES string of the molecule is CCOC(CN(Cc1cccc2ccccc12)C(=O)[C@H](Cc1ccc(OC(C)(C)C)cc1)NC(=O)C[C@@H](CO[Si](C)(C)C(C)(C)C)NC(=O)NCc1ccccc1)OCC. The lowest BCUT2D eigenvalue weighted by molar-refractivity contribution is -0.161. The second kappa shape index (κ2) is 22.2. The van der Waals surface area contributed by atoms with Crippen LogP contribution >= 0.6 is 0 Å². The van der Waals surface area contributed by atoms with Crippen LogP contribution in [0.1, 0.15) is 78.5 Å². The Morgan fingerprint density at radius 3 is 2.02 bits per heavy atom. The molecule has 0 fully saturated rings. The molecular weight excluding hydrogens is 773 g/mol. The van der Waals surface area contributed by atoms with Crippen molar-refractivity contribution in [3.05, 3.63) is 114 Å². The Labute approximate surface area is 359 Å². The predicted octanol–water partition coefficient (Wildman–Crippen LogP) is 8.75. The summed E-state index contributed by atoms with van der Waals surface area (Å²) in [5.74, 6) is 0.0102. The molecular formula is C48H68N4O7Si. The van der Waals surface area contributed by atoms with E-state index in [9.17, 15) is 9.59 Å². The van der Waals surface area contributed by atoms with E-state index in [0.29, 0.717) is 25.5 Å². The van der Waals surface area contributed by atoms with Crippen molar-refractivity contribution in [1.29, 1.82) is 0 Å². The highest BCUT2D eigenvalue weighted by atomic mass is 28.4. The second-order valence-electron chi connectivity index (χ2n) is 17.7. The third-order valence-corrected chi connectivity index (χ3v) is 15.1. The Kier molecular flexibility index (Phi) is 17.7. The summed E-state index contributed by atoms with van der Waals surface area (Å²) in [6.07, 6.45) is -0.588. The van der Waals surface area contributed by atoms with Gasteiger partial charge in [-0.05, 0) is 92.3 Å². The summed E-state index contributed by atoms with van der Waals surface area (Å²) in [4.78, 5) is 44.3. The van der Waals surface area contributed by atoms with Crippen LogP contribution in [0.3, 0.4) is 0 Å². The molecule has 4 amide bonds. The van der Waals surface area contributed by atoms with Crippen LogP contribution in [-0.2, 0) is 43.0 Å². The number of hydrogen-bond acceptors (Lipinski definition) is 7. The molecule has 0 radical (unpaired) electrons. The minimum absolute atomic E-state index is 0.0886. The van der Waals surface area contributed by atoms with Gasteiger partial charge in [-0.15, -0.1) is 0 Å². The molecule has 4 aromatic rings. The molecule has 3 N–H and O–H groups in total. The van der Waals surface area contributed by atoms with Crippen LogP contribution < -0.4 is 20.7 Å². The molecule has 0 saturated carbocycles. The number of ether oxygens (including phenoxy) is 3. The minimum Gasteiger partial charge on any atom is -0.488 e. The van der Waals surface area contributed by atoms with Crippen LogP contribution in [0.2, 0.25) is 18.1 Å². The van der Waals surface area contributed by atoms with Gasteiger partial charge in [-0.2, -0.15) is 0 Å². The Morgan fingerprint density at radius 1 is 0.750 bits per heavy atom. The van der Waals surface area contributed by atoms with Gasteiger partial charge in [-0.25, -0.2) is 4.79 Å². The lowest BCUT2D eigenvalue weighted by Crippen LogP contribution is -2.53. The summed E-state index contributed by atoms with van der Waals surface area (Å²) >= 11 is 0. The van der Waals surface area contributed by atoms with E-state index in [-0.39, 0.29) is 49.1 Å². The number of benzene rings is 4. The fourth-order valence-electron chi connectivity index (χ4n) is 6.45. The number of carbonyl (C=O) groups is 3. The molecule has 12 heteroatoms. The summed E-state index contributed by atoms with van der Waals surface area (Å²) < 4.78 is 24.5. The Hall–Kier alpha value is -4.75. The predicted molar refractivity (Wildman–Crippen MR) is 242 cm³/mol. The first-order valence-electron chi connectivity index (χ1n) is 21.2. The summed E-state index contributed by atoms with van der Waals surface area (Å²) in [6.45, 7) is 22.1. The molecule has 326 valence electrons. The first-order valence-corrected chi connectivity index (χ1v) is 24.1. The summed E-state index contributed by atoms with van der Waals surface area (Å²) in [7, 11) is -2.26. The fourth-order valence-corrected chi connectivity index (χ4v) is 7.50. The maximum absolute atomic E-state index is 15.0. The number of fused-ring (bicyclic) bond motifs is 1. The first kappa shape index (κ1) is 47.9. The van der Waals surface area contributed by atoms with E-state index >= 15 is 4.79 Å². The van der Waals surface area contributed by atoms with E-state index in [0.717, 1.165) is 27.5 Å². The molecule has 0 bridgehead atoms. The van der Waals surface area contributed by atoms with Gasteiger partial charge in [0.25, 0.3) is 0 Å². The van der Waals surface area contributed by atoms with E-state index < -0.39 is 38.6 Å². The van der Waals surface area contributed by atoms with Gasteiger partial charge in [-0.1, -0.05) is 106 Å². The van der Waals surface area contributed by atoms with Crippen LogP contribution in [0.25, 0.3) is 10.8 Å². The van der Waals surface area contributed by atoms with Crippen molar-refractivity contribution in [2.75, 3.05) is 26.4 Å². The maximum Gasteiger partial charge on any atom is 0.315 e. The topological polar surface area (TPSA) is 127 Å². The Balaban J connectivity index is 1.66. The van der Waals surface area contributed by atoms with E-state index in [1.165, 1.54) is 0 Å². The summed E-state index contributed by atoms with van der Waals surface area (Å²) in [5.41, 5.74) is 2.35. The monoisotopic (exact) mass is 840 g/mol. The number of hydrogen-bond donors (Lipinski definition) is 3. The van der Waals surface area contributed by atoms with Gasteiger partial charge < -0.3 is 39.5 Å². The van der Waals surface area contributed by atoms with E-state index in [2.05, 4.69) is 49.8 Å². The summed E-state index contributed by atoms with van der Waals surface area (Å²) in [6, 6.07) is 29.3. The normalized spacial score (nSPS) is 13.1. The van der Waals surface area contributed by atoms with Crippen molar-refractivity contribution in [3.63, 3.8) is 0 Å². The molecule has 4 aromatic carbocycles. The number of carbonyl (C=O) groups excluding carboxylic acids is 3. The molecule has 4 rings (SSSR count). The highest BCUT2D eigenvalue weighted by Crippen LogP contribution is 2.36. The van der Waals surface area contributed by atoms with E-state index in [1.54, 1.807) is 4.90 Å². The number of amides is 4. The van der Waals surface area contributed by atoms with Crippen LogP contribution in [0.5, 0.6) is 5.75 Å². The molecule has 60 heavy (non-hydrogen) atoms. The number of rotatable bonds is 21. The van der Waals surface area contributed by atoms with Crippen LogP contribution in [0.4, 0.5) is 4.79 Å². The third kappa shape index (κ3) is 15.4. The van der Waals surface area contributed by atoms with Crippen molar-refractivity contribution < 1.29 is 33.0 Å². The number of nitrogens with zero attached hydrogens (tertiary/aromatic N) is 1. The van der Waals surface area contributed by atoms with Crippen molar-refractivity contribution >= 4 is 36.9 Å². The van der Waals surface area contributed by atoms with Gasteiger partial charge >= 0.3 is 6.03 Å². The standard InChI is InChI=1S/C48H68N4O7Si/c1-11-56-44(57-12-2)33-52(32-38-23-18-22-37-21-16-17-24-41(37)38)45(54)42(29-35-25-27-40(28-26-35)59-47(3,4)5)51-43(53)30-39(34-58-60(9,10)48(6,7)8)50-46(55)49-31-36-19-14-13-15-20-36/h13-28,39,42,44H,11-12,29-34H2,1-10H3,(H,51,53)(H2,49,50,55)/t39-,42-/m0/s1. The smallest absolute Gasteiger partial charge is 0.315 e.